The van der Waals surface area contributed by atoms with E-state index in [0.29, 0.717) is 6.54 Å². The molecule has 0 spiro atoms. The Balaban J connectivity index is 2.40. The molecule has 0 aromatic carbocycles. The van der Waals surface area contributed by atoms with Crippen LogP contribution >= 0.6 is 0 Å². The van der Waals surface area contributed by atoms with Gasteiger partial charge in [0.15, 0.2) is 5.84 Å². The second kappa shape index (κ2) is 4.28. The minimum atomic E-state index is -1.38. The molecule has 18 heavy (non-hydrogen) atoms. The number of nitrogens with one attached hydrogen (secondary N) is 2. The molecule has 2 aliphatic rings. The van der Waals surface area contributed by atoms with E-state index in [1.807, 2.05) is 6.92 Å². The van der Waals surface area contributed by atoms with Crippen molar-refractivity contribution in [3.05, 3.63) is 0 Å². The fraction of sp³-hybridized carbons (Fsp3) is 0.600. The van der Waals surface area contributed by atoms with E-state index in [1.54, 1.807) is 7.05 Å². The van der Waals surface area contributed by atoms with Crippen LogP contribution in [0.2, 0.25) is 0 Å². The van der Waals surface area contributed by atoms with Crippen molar-refractivity contribution < 1.29 is 9.59 Å². The highest BCUT2D eigenvalue weighted by molar-refractivity contribution is 6.22. The van der Waals surface area contributed by atoms with E-state index in [9.17, 15) is 9.59 Å². The lowest BCUT2D eigenvalue weighted by molar-refractivity contribution is -0.127. The Labute approximate surface area is 105 Å². The lowest BCUT2D eigenvalue weighted by Crippen LogP contribution is -2.59. The lowest BCUT2D eigenvalue weighted by Gasteiger charge is -2.30. The predicted molar refractivity (Wildman–Crippen MR) is 66.0 cm³/mol. The molecule has 2 rings (SSSR count). The predicted octanol–water partition coefficient (Wildman–Crippen LogP) is -0.849. The summed E-state index contributed by atoms with van der Waals surface area (Å²) < 4.78 is 0. The molecule has 2 N–H and O–H groups in total. The van der Waals surface area contributed by atoms with Gasteiger partial charge < -0.3 is 5.32 Å². The molecule has 2 aliphatic heterocycles. The maximum absolute atomic E-state index is 12.3. The Morgan fingerprint density at radius 2 is 2.28 bits per heavy atom. The molecule has 0 radical (unpaired) electrons. The SMILES string of the molecule is CCCNC(=O)[C@]12N=CNN=C1N(C)C(=O)N2C. The average molecular weight is 252 g/mol. The van der Waals surface area contributed by atoms with Crippen LogP contribution in [0, 0.1) is 0 Å². The first-order valence-electron chi connectivity index (χ1n) is 5.73. The summed E-state index contributed by atoms with van der Waals surface area (Å²) in [5, 5.41) is 6.75. The maximum Gasteiger partial charge on any atom is 0.327 e. The molecule has 0 unspecified atom stereocenters. The molecule has 3 amide bonds. The Hall–Kier alpha value is -2.12. The minimum Gasteiger partial charge on any atom is -0.352 e. The summed E-state index contributed by atoms with van der Waals surface area (Å²) >= 11 is 0. The van der Waals surface area contributed by atoms with E-state index < -0.39 is 5.66 Å². The van der Waals surface area contributed by atoms with E-state index in [0.717, 1.165) is 6.42 Å². The number of fused-ring (bicyclic) bond motifs is 1. The maximum atomic E-state index is 12.3. The molecular formula is C10H16N6O2. The molecule has 8 nitrogen and oxygen atoms in total. The molecule has 2 heterocycles. The fourth-order valence-corrected chi connectivity index (χ4v) is 2.02. The van der Waals surface area contributed by atoms with Crippen molar-refractivity contribution >= 4 is 24.1 Å². The van der Waals surface area contributed by atoms with E-state index >= 15 is 0 Å². The third-order valence-electron chi connectivity index (χ3n) is 3.02. The van der Waals surface area contributed by atoms with Crippen LogP contribution in [0.5, 0.6) is 0 Å². The second-order valence-electron chi connectivity index (χ2n) is 4.15. The third kappa shape index (κ3) is 1.45. The summed E-state index contributed by atoms with van der Waals surface area (Å²) in [5.74, 6) is -0.0628. The molecule has 0 aromatic heterocycles. The molecular weight excluding hydrogens is 236 g/mol. The van der Waals surface area contributed by atoms with Crippen molar-refractivity contribution in [3.8, 4) is 0 Å². The number of amidine groups is 1. The van der Waals surface area contributed by atoms with Crippen LogP contribution in [-0.4, -0.2) is 60.2 Å². The molecule has 98 valence electrons. The van der Waals surface area contributed by atoms with Gasteiger partial charge in [0, 0.05) is 20.6 Å². The number of nitrogens with zero attached hydrogens (tertiary/aromatic N) is 4. The number of hydrogen-bond acceptors (Lipinski definition) is 5. The van der Waals surface area contributed by atoms with Gasteiger partial charge in [-0.1, -0.05) is 6.92 Å². The van der Waals surface area contributed by atoms with Crippen LogP contribution in [0.3, 0.4) is 0 Å². The van der Waals surface area contributed by atoms with Crippen molar-refractivity contribution in [2.45, 2.75) is 19.0 Å². The monoisotopic (exact) mass is 252 g/mol. The zero-order valence-corrected chi connectivity index (χ0v) is 10.6. The number of rotatable bonds is 3. The number of aliphatic imine (C=N–C) groups is 1. The second-order valence-corrected chi connectivity index (χ2v) is 4.15. The highest BCUT2D eigenvalue weighted by Crippen LogP contribution is 2.29. The molecule has 0 aliphatic carbocycles. The van der Waals surface area contributed by atoms with Crippen LogP contribution < -0.4 is 10.7 Å². The number of amides is 3. The lowest BCUT2D eigenvalue weighted by atomic mass is 10.1. The van der Waals surface area contributed by atoms with Crippen LogP contribution in [-0.2, 0) is 4.79 Å². The fourth-order valence-electron chi connectivity index (χ4n) is 2.02. The van der Waals surface area contributed by atoms with Crippen molar-refractivity contribution in [1.82, 2.24) is 20.5 Å². The molecule has 8 heteroatoms. The first kappa shape index (κ1) is 12.3. The van der Waals surface area contributed by atoms with Gasteiger partial charge in [-0.2, -0.15) is 5.10 Å². The van der Waals surface area contributed by atoms with E-state index in [-0.39, 0.29) is 17.8 Å². The van der Waals surface area contributed by atoms with E-state index in [2.05, 4.69) is 20.8 Å². The largest absolute Gasteiger partial charge is 0.352 e. The Kier molecular flexibility index (Phi) is 2.93. The highest BCUT2D eigenvalue weighted by atomic mass is 16.2. The van der Waals surface area contributed by atoms with Gasteiger partial charge in [0.2, 0.25) is 0 Å². The summed E-state index contributed by atoms with van der Waals surface area (Å²) in [4.78, 5) is 31.0. The van der Waals surface area contributed by atoms with Gasteiger partial charge in [0.1, 0.15) is 6.34 Å². The van der Waals surface area contributed by atoms with Gasteiger partial charge in [0.25, 0.3) is 11.6 Å². The van der Waals surface area contributed by atoms with Gasteiger partial charge in [0.05, 0.1) is 0 Å². The quantitative estimate of drug-likeness (QED) is 0.685. The summed E-state index contributed by atoms with van der Waals surface area (Å²) in [6, 6.07) is -0.318. The summed E-state index contributed by atoms with van der Waals surface area (Å²) in [6.45, 7) is 2.48. The average Bonchev–Trinajstić information content (AvgIpc) is 2.59. The zero-order chi connectivity index (χ0) is 13.3. The van der Waals surface area contributed by atoms with Gasteiger partial charge in [-0.25, -0.2) is 9.79 Å². The third-order valence-corrected chi connectivity index (χ3v) is 3.02. The number of urea groups is 1. The van der Waals surface area contributed by atoms with Crippen LogP contribution in [0.1, 0.15) is 13.3 Å². The van der Waals surface area contributed by atoms with E-state index in [4.69, 9.17) is 0 Å². The van der Waals surface area contributed by atoms with Gasteiger partial charge >= 0.3 is 6.03 Å². The highest BCUT2D eigenvalue weighted by Gasteiger charge is 2.59. The molecule has 0 saturated carbocycles. The number of hydrazone groups is 1. The van der Waals surface area contributed by atoms with E-state index in [1.165, 1.54) is 23.2 Å². The smallest absolute Gasteiger partial charge is 0.327 e. The van der Waals surface area contributed by atoms with Crippen LogP contribution in [0.4, 0.5) is 4.79 Å². The van der Waals surface area contributed by atoms with Crippen molar-refractivity contribution in [2.75, 3.05) is 20.6 Å². The zero-order valence-electron chi connectivity index (χ0n) is 10.6. The molecule has 0 bridgehead atoms. The Morgan fingerprint density at radius 1 is 1.56 bits per heavy atom. The molecule has 1 saturated heterocycles. The Bertz CT molecular complexity index is 446. The first-order chi connectivity index (χ1) is 8.55. The Morgan fingerprint density at radius 3 is 2.94 bits per heavy atom. The van der Waals surface area contributed by atoms with Gasteiger partial charge in [-0.05, 0) is 6.42 Å². The number of likely N-dealkylation sites (N-methyl/N-ethyl adjacent to an activating group) is 2. The summed E-state index contributed by atoms with van der Waals surface area (Å²) in [6.07, 6.45) is 2.13. The van der Waals surface area contributed by atoms with Crippen LogP contribution in [0.15, 0.2) is 10.1 Å². The minimum absolute atomic E-state index is 0.283. The first-order valence-corrected chi connectivity index (χ1v) is 5.73. The molecule has 0 aromatic rings. The molecule has 1 atom stereocenters. The summed E-state index contributed by atoms with van der Waals surface area (Å²) in [7, 11) is 3.10. The topological polar surface area (TPSA) is 89.4 Å². The van der Waals surface area contributed by atoms with Crippen molar-refractivity contribution in [3.63, 3.8) is 0 Å². The summed E-state index contributed by atoms with van der Waals surface area (Å²) in [5.41, 5.74) is 1.18. The van der Waals surface area contributed by atoms with Gasteiger partial charge in [-0.3, -0.25) is 20.0 Å². The number of carbonyl (C=O) groups is 2. The van der Waals surface area contributed by atoms with Crippen LogP contribution in [0.25, 0.3) is 0 Å². The standard InChI is InChI=1S/C10H16N6O2/c1-4-5-11-8(17)10-7(14-13-6-12-10)15(2)9(18)16(10)3/h6H,4-5H2,1-3H3,(H,11,17)(H,12,13)/t10-/m0/s1. The normalized spacial score (nSPS) is 25.7. The van der Waals surface area contributed by atoms with Gasteiger partial charge in [-0.15, -0.1) is 0 Å². The molecule has 1 fully saturated rings. The number of hydrogen-bond donors (Lipinski definition) is 2. The number of carbonyl (C=O) groups excluding carboxylic acids is 2. The van der Waals surface area contributed by atoms with Crippen molar-refractivity contribution in [1.29, 1.82) is 0 Å². The van der Waals surface area contributed by atoms with Crippen molar-refractivity contribution in [2.24, 2.45) is 10.1 Å².